The summed E-state index contributed by atoms with van der Waals surface area (Å²) in [6.45, 7) is 2.22. The van der Waals surface area contributed by atoms with Gasteiger partial charge in [-0.15, -0.1) is 0 Å². The Kier molecular flexibility index (Phi) is 2.03. The predicted octanol–water partition coefficient (Wildman–Crippen LogP) is 2.57. The maximum absolute atomic E-state index is 5.89. The van der Waals surface area contributed by atoms with Gasteiger partial charge in [-0.25, -0.2) is 0 Å². The summed E-state index contributed by atoms with van der Waals surface area (Å²) in [5.74, 6) is 1.60. The van der Waals surface area contributed by atoms with Crippen molar-refractivity contribution in [3.05, 3.63) is 59.1 Å². The minimum Gasteiger partial charge on any atom is -0.481 e. The van der Waals surface area contributed by atoms with E-state index in [2.05, 4.69) is 25.2 Å². The minimum absolute atomic E-state index is 0.0530. The molecule has 2 heteroatoms. The van der Waals surface area contributed by atoms with Gasteiger partial charge in [0.15, 0.2) is 0 Å². The quantitative estimate of drug-likeness (QED) is 0.671. The van der Waals surface area contributed by atoms with E-state index in [4.69, 9.17) is 10.5 Å². The van der Waals surface area contributed by atoms with E-state index in [0.29, 0.717) is 5.92 Å². The van der Waals surface area contributed by atoms with E-state index in [1.165, 1.54) is 11.1 Å². The first kappa shape index (κ1) is 9.52. The molecule has 3 aliphatic rings. The third kappa shape index (κ3) is 1.42. The second kappa shape index (κ2) is 3.41. The Labute approximate surface area is 95.5 Å². The number of hydrogen-bond acceptors (Lipinski definition) is 2. The Morgan fingerprint density at radius 2 is 2.25 bits per heavy atom. The molecular formula is C14H15NO. The van der Waals surface area contributed by atoms with Crippen molar-refractivity contribution in [3.8, 4) is 0 Å². The van der Waals surface area contributed by atoms with Gasteiger partial charge in [0.05, 0.1) is 0 Å². The number of rotatable bonds is 0. The molecule has 1 aliphatic heterocycles. The van der Waals surface area contributed by atoms with Crippen LogP contribution < -0.4 is 5.73 Å². The maximum Gasteiger partial charge on any atom is 0.143 e. The summed E-state index contributed by atoms with van der Waals surface area (Å²) >= 11 is 0. The van der Waals surface area contributed by atoms with Crippen LogP contribution in [-0.2, 0) is 4.74 Å². The molecule has 0 spiro atoms. The van der Waals surface area contributed by atoms with Gasteiger partial charge < -0.3 is 10.5 Å². The fourth-order valence-corrected chi connectivity index (χ4v) is 2.39. The van der Waals surface area contributed by atoms with Crippen LogP contribution in [0.3, 0.4) is 0 Å². The summed E-state index contributed by atoms with van der Waals surface area (Å²) < 4.78 is 5.89. The number of nitrogens with two attached hydrogens (primary N) is 1. The Balaban J connectivity index is 2.05. The summed E-state index contributed by atoms with van der Waals surface area (Å²) in [4.78, 5) is 0. The average Bonchev–Trinajstić information content (AvgIpc) is 2.47. The lowest BCUT2D eigenvalue weighted by Crippen LogP contribution is -2.06. The van der Waals surface area contributed by atoms with Crippen molar-refractivity contribution in [1.82, 2.24) is 0 Å². The number of ether oxygens (including phenoxy) is 1. The largest absolute Gasteiger partial charge is 0.481 e. The molecule has 0 radical (unpaired) electrons. The normalized spacial score (nSPS) is 31.3. The lowest BCUT2D eigenvalue weighted by atomic mass is 9.89. The number of fused-ring (bicyclic) bond motifs is 2. The fraction of sp³-hybridized carbons (Fsp3) is 0.286. The highest BCUT2D eigenvalue weighted by molar-refractivity contribution is 5.52. The van der Waals surface area contributed by atoms with Crippen LogP contribution in [0.4, 0.5) is 0 Å². The molecule has 0 fully saturated rings. The monoisotopic (exact) mass is 213 g/mol. The van der Waals surface area contributed by atoms with Crippen LogP contribution in [0.2, 0.25) is 0 Å². The molecule has 0 amide bonds. The first-order valence-corrected chi connectivity index (χ1v) is 5.68. The molecule has 82 valence electrons. The summed E-state index contributed by atoms with van der Waals surface area (Å²) in [6, 6.07) is 0. The van der Waals surface area contributed by atoms with Gasteiger partial charge in [0, 0.05) is 16.8 Å². The molecule has 2 atom stereocenters. The number of hydrogen-bond donors (Lipinski definition) is 1. The van der Waals surface area contributed by atoms with Gasteiger partial charge in [-0.3, -0.25) is 0 Å². The molecule has 0 aromatic heterocycles. The van der Waals surface area contributed by atoms with Crippen LogP contribution in [0, 0.1) is 5.92 Å². The Hall–Kier alpha value is -1.70. The van der Waals surface area contributed by atoms with E-state index < -0.39 is 0 Å². The summed E-state index contributed by atoms with van der Waals surface area (Å²) in [5, 5.41) is 0. The van der Waals surface area contributed by atoms with Crippen LogP contribution in [0.25, 0.3) is 0 Å². The summed E-state index contributed by atoms with van der Waals surface area (Å²) in [6.07, 6.45) is 13.4. The zero-order valence-electron chi connectivity index (χ0n) is 9.31. The zero-order chi connectivity index (χ0) is 11.1. The van der Waals surface area contributed by atoms with Crippen molar-refractivity contribution in [3.63, 3.8) is 0 Å². The van der Waals surface area contributed by atoms with Gasteiger partial charge in [0.2, 0.25) is 0 Å². The first-order chi connectivity index (χ1) is 7.74. The van der Waals surface area contributed by atoms with E-state index in [9.17, 15) is 0 Å². The van der Waals surface area contributed by atoms with Crippen molar-refractivity contribution >= 4 is 0 Å². The van der Waals surface area contributed by atoms with Crippen molar-refractivity contribution in [1.29, 1.82) is 0 Å². The third-order valence-corrected chi connectivity index (χ3v) is 3.21. The molecule has 0 aromatic rings. The Bertz CT molecular complexity index is 477. The highest BCUT2D eigenvalue weighted by Gasteiger charge is 2.31. The predicted molar refractivity (Wildman–Crippen MR) is 64.3 cm³/mol. The standard InChI is InChI=1S/C14H15NO/c1-9-5-6-14-11(7-9)12-8-10(15)3-2-4-13(12)16-14/h2-6,8-9,13H,7,15H2,1H3. The van der Waals surface area contributed by atoms with Crippen LogP contribution in [0.5, 0.6) is 0 Å². The zero-order valence-corrected chi connectivity index (χ0v) is 9.31. The maximum atomic E-state index is 5.89. The van der Waals surface area contributed by atoms with Gasteiger partial charge >= 0.3 is 0 Å². The second-order valence-corrected chi connectivity index (χ2v) is 4.57. The molecule has 2 nitrogen and oxygen atoms in total. The van der Waals surface area contributed by atoms with Crippen molar-refractivity contribution in [2.45, 2.75) is 19.4 Å². The second-order valence-electron chi connectivity index (χ2n) is 4.57. The average molecular weight is 213 g/mol. The van der Waals surface area contributed by atoms with Gasteiger partial charge in [-0.05, 0) is 36.6 Å². The molecular weight excluding hydrogens is 198 g/mol. The minimum atomic E-state index is 0.0530. The van der Waals surface area contributed by atoms with Crippen molar-refractivity contribution in [2.24, 2.45) is 11.7 Å². The van der Waals surface area contributed by atoms with Gasteiger partial charge in [-0.1, -0.05) is 19.1 Å². The van der Waals surface area contributed by atoms with E-state index in [-0.39, 0.29) is 6.10 Å². The third-order valence-electron chi connectivity index (χ3n) is 3.21. The van der Waals surface area contributed by atoms with Crippen LogP contribution in [-0.4, -0.2) is 6.10 Å². The Morgan fingerprint density at radius 1 is 1.38 bits per heavy atom. The molecule has 16 heavy (non-hydrogen) atoms. The van der Waals surface area contributed by atoms with Crippen LogP contribution >= 0.6 is 0 Å². The molecule has 2 N–H and O–H groups in total. The highest BCUT2D eigenvalue weighted by atomic mass is 16.5. The SMILES string of the molecule is CC1C=CC2=C(C1)C1=CC(N)=CC=CC1O2. The lowest BCUT2D eigenvalue weighted by Gasteiger charge is -2.13. The van der Waals surface area contributed by atoms with Crippen molar-refractivity contribution < 1.29 is 4.74 Å². The topological polar surface area (TPSA) is 35.2 Å². The van der Waals surface area contributed by atoms with Gasteiger partial charge in [-0.2, -0.15) is 0 Å². The molecule has 2 aliphatic carbocycles. The van der Waals surface area contributed by atoms with Crippen molar-refractivity contribution in [2.75, 3.05) is 0 Å². The van der Waals surface area contributed by atoms with E-state index in [1.54, 1.807) is 0 Å². The Morgan fingerprint density at radius 3 is 3.12 bits per heavy atom. The number of allylic oxidation sites excluding steroid dienone is 5. The van der Waals surface area contributed by atoms with E-state index in [0.717, 1.165) is 17.9 Å². The molecule has 0 aromatic carbocycles. The van der Waals surface area contributed by atoms with Gasteiger partial charge in [0.25, 0.3) is 0 Å². The summed E-state index contributed by atoms with van der Waals surface area (Å²) in [5.41, 5.74) is 9.24. The molecule has 0 saturated heterocycles. The lowest BCUT2D eigenvalue weighted by molar-refractivity contribution is 0.215. The van der Waals surface area contributed by atoms with Crippen LogP contribution in [0.1, 0.15) is 13.3 Å². The molecule has 0 saturated carbocycles. The van der Waals surface area contributed by atoms with E-state index in [1.807, 2.05) is 18.2 Å². The first-order valence-electron chi connectivity index (χ1n) is 5.68. The molecule has 0 bridgehead atoms. The fourth-order valence-electron chi connectivity index (χ4n) is 2.39. The van der Waals surface area contributed by atoms with Gasteiger partial charge in [0.1, 0.15) is 11.9 Å². The molecule has 2 unspecified atom stereocenters. The molecule has 1 heterocycles. The van der Waals surface area contributed by atoms with E-state index >= 15 is 0 Å². The highest BCUT2D eigenvalue weighted by Crippen LogP contribution is 2.39. The molecule has 3 rings (SSSR count). The summed E-state index contributed by atoms with van der Waals surface area (Å²) in [7, 11) is 0. The van der Waals surface area contributed by atoms with Crippen LogP contribution in [0.15, 0.2) is 59.1 Å². The smallest absolute Gasteiger partial charge is 0.143 e.